The molecule has 1 aromatic carbocycles. The summed E-state index contributed by atoms with van der Waals surface area (Å²) in [5, 5.41) is 4.35. The van der Waals surface area contributed by atoms with Crippen molar-refractivity contribution in [1.29, 1.82) is 0 Å². The third-order valence-corrected chi connectivity index (χ3v) is 3.66. The van der Waals surface area contributed by atoms with Crippen LogP contribution in [0, 0.1) is 13.8 Å². The van der Waals surface area contributed by atoms with E-state index in [0.29, 0.717) is 22.9 Å². The first kappa shape index (κ1) is 16.6. The van der Waals surface area contributed by atoms with E-state index in [9.17, 15) is 4.79 Å². The quantitative estimate of drug-likeness (QED) is 0.528. The molecule has 0 aliphatic carbocycles. The van der Waals surface area contributed by atoms with Gasteiger partial charge in [-0.05, 0) is 50.8 Å². The highest BCUT2D eigenvalue weighted by molar-refractivity contribution is 6.32. The largest absolute Gasteiger partial charge is 0.492 e. The van der Waals surface area contributed by atoms with Crippen LogP contribution >= 0.6 is 11.6 Å². The number of aldehydes is 1. The third-order valence-electron chi connectivity index (χ3n) is 3.38. The summed E-state index contributed by atoms with van der Waals surface area (Å²) in [6.07, 6.45) is 4.71. The number of rotatable bonds is 8. The standard InChI is InChI=1S/C17H20ClNO3/c1-12-8-14(11-20)10-16(18)17(12)21-7-5-3-4-6-15-9-13(2)19-22-15/h8-11H,3-7H2,1-2H3. The zero-order valence-corrected chi connectivity index (χ0v) is 13.7. The van der Waals surface area contributed by atoms with E-state index >= 15 is 0 Å². The number of nitrogens with zero attached hydrogens (tertiary/aromatic N) is 1. The van der Waals surface area contributed by atoms with Gasteiger partial charge in [0.25, 0.3) is 0 Å². The van der Waals surface area contributed by atoms with Crippen LogP contribution in [0.4, 0.5) is 0 Å². The number of hydrogen-bond acceptors (Lipinski definition) is 4. The Morgan fingerprint density at radius 3 is 2.68 bits per heavy atom. The molecule has 0 radical (unpaired) electrons. The lowest BCUT2D eigenvalue weighted by atomic mass is 10.1. The number of aryl methyl sites for hydroxylation is 3. The van der Waals surface area contributed by atoms with Gasteiger partial charge < -0.3 is 9.26 Å². The number of aromatic nitrogens is 1. The van der Waals surface area contributed by atoms with Gasteiger partial charge in [-0.1, -0.05) is 16.8 Å². The van der Waals surface area contributed by atoms with Crippen molar-refractivity contribution in [3.05, 3.63) is 45.8 Å². The molecule has 0 saturated heterocycles. The average Bonchev–Trinajstić information content (AvgIpc) is 2.90. The lowest BCUT2D eigenvalue weighted by molar-refractivity contribution is 0.112. The zero-order chi connectivity index (χ0) is 15.9. The van der Waals surface area contributed by atoms with Crippen LogP contribution in [-0.2, 0) is 6.42 Å². The summed E-state index contributed by atoms with van der Waals surface area (Å²) in [6.45, 7) is 4.42. The third kappa shape index (κ3) is 4.60. The van der Waals surface area contributed by atoms with Gasteiger partial charge in [-0.3, -0.25) is 4.79 Å². The summed E-state index contributed by atoms with van der Waals surface area (Å²) in [5.74, 6) is 1.60. The molecule has 0 saturated carbocycles. The second-order valence-electron chi connectivity index (χ2n) is 5.36. The van der Waals surface area contributed by atoms with E-state index in [1.54, 1.807) is 12.1 Å². The van der Waals surface area contributed by atoms with Gasteiger partial charge >= 0.3 is 0 Å². The molecule has 0 aliphatic rings. The van der Waals surface area contributed by atoms with Crippen molar-refractivity contribution < 1.29 is 14.1 Å². The van der Waals surface area contributed by atoms with Gasteiger partial charge in [-0.15, -0.1) is 0 Å². The molecule has 2 rings (SSSR count). The summed E-state index contributed by atoms with van der Waals surface area (Å²) >= 11 is 6.13. The Kier molecular flexibility index (Phi) is 6.01. The highest BCUT2D eigenvalue weighted by Crippen LogP contribution is 2.29. The smallest absolute Gasteiger partial charge is 0.150 e. The van der Waals surface area contributed by atoms with Gasteiger partial charge in [0.05, 0.1) is 17.3 Å². The minimum atomic E-state index is 0.485. The van der Waals surface area contributed by atoms with Crippen LogP contribution in [0.5, 0.6) is 5.75 Å². The normalized spacial score (nSPS) is 10.7. The number of carbonyl (C=O) groups is 1. The Morgan fingerprint density at radius 2 is 2.05 bits per heavy atom. The SMILES string of the molecule is Cc1cc(CCCCCOc2c(C)cc(C=O)cc2Cl)on1. The topological polar surface area (TPSA) is 52.3 Å². The lowest BCUT2D eigenvalue weighted by Gasteiger charge is -2.11. The van der Waals surface area contributed by atoms with Crippen LogP contribution in [0.25, 0.3) is 0 Å². The fraction of sp³-hybridized carbons (Fsp3) is 0.412. The van der Waals surface area contributed by atoms with E-state index in [0.717, 1.165) is 49.0 Å². The molecule has 118 valence electrons. The number of carbonyl (C=O) groups excluding carboxylic acids is 1. The Balaban J connectivity index is 1.71. The molecule has 1 heterocycles. The number of hydrogen-bond donors (Lipinski definition) is 0. The first-order chi connectivity index (χ1) is 10.6. The van der Waals surface area contributed by atoms with E-state index in [4.69, 9.17) is 20.9 Å². The maximum absolute atomic E-state index is 10.8. The number of halogens is 1. The summed E-state index contributed by atoms with van der Waals surface area (Å²) in [4.78, 5) is 10.8. The predicted octanol–water partition coefficient (Wildman–Crippen LogP) is 4.55. The summed E-state index contributed by atoms with van der Waals surface area (Å²) in [5.41, 5.74) is 2.37. The molecule has 0 amide bonds. The molecule has 0 unspecified atom stereocenters. The molecular formula is C17H20ClNO3. The Bertz CT molecular complexity index is 614. The molecule has 0 fully saturated rings. The van der Waals surface area contributed by atoms with Gasteiger partial charge in [0.2, 0.25) is 0 Å². The molecule has 2 aromatic rings. The molecule has 0 aliphatic heterocycles. The molecule has 4 nitrogen and oxygen atoms in total. The Hall–Kier alpha value is -1.81. The van der Waals surface area contributed by atoms with Crippen molar-refractivity contribution in [2.45, 2.75) is 39.5 Å². The second kappa shape index (κ2) is 7.99. The summed E-state index contributed by atoms with van der Waals surface area (Å²) < 4.78 is 10.9. The Labute approximate surface area is 135 Å². The van der Waals surface area contributed by atoms with E-state index < -0.39 is 0 Å². The van der Waals surface area contributed by atoms with Crippen LogP contribution in [0.15, 0.2) is 22.7 Å². The first-order valence-electron chi connectivity index (χ1n) is 7.40. The second-order valence-corrected chi connectivity index (χ2v) is 5.77. The highest BCUT2D eigenvalue weighted by Gasteiger charge is 2.08. The van der Waals surface area contributed by atoms with E-state index in [1.165, 1.54) is 0 Å². The molecule has 0 bridgehead atoms. The van der Waals surface area contributed by atoms with E-state index in [2.05, 4.69) is 5.16 Å². The lowest BCUT2D eigenvalue weighted by Crippen LogP contribution is -2.00. The van der Waals surface area contributed by atoms with E-state index in [-0.39, 0.29) is 0 Å². The van der Waals surface area contributed by atoms with E-state index in [1.807, 2.05) is 19.9 Å². The van der Waals surface area contributed by atoms with Crippen molar-refractivity contribution in [1.82, 2.24) is 5.16 Å². The van der Waals surface area contributed by atoms with Crippen LogP contribution in [0.2, 0.25) is 5.02 Å². The van der Waals surface area contributed by atoms with Gasteiger partial charge in [0.1, 0.15) is 17.8 Å². The van der Waals surface area contributed by atoms with Crippen molar-refractivity contribution in [2.75, 3.05) is 6.61 Å². The average molecular weight is 322 g/mol. The first-order valence-corrected chi connectivity index (χ1v) is 7.78. The fourth-order valence-electron chi connectivity index (χ4n) is 2.29. The van der Waals surface area contributed by atoms with Crippen LogP contribution in [-0.4, -0.2) is 18.0 Å². The predicted molar refractivity (Wildman–Crippen MR) is 85.9 cm³/mol. The van der Waals surface area contributed by atoms with Crippen molar-refractivity contribution in [3.63, 3.8) is 0 Å². The molecule has 0 N–H and O–H groups in total. The monoisotopic (exact) mass is 321 g/mol. The molecule has 5 heteroatoms. The molecular weight excluding hydrogens is 302 g/mol. The van der Waals surface area contributed by atoms with Crippen LogP contribution in [0.1, 0.15) is 46.6 Å². The van der Waals surface area contributed by atoms with Crippen LogP contribution < -0.4 is 4.74 Å². The highest BCUT2D eigenvalue weighted by atomic mass is 35.5. The summed E-state index contributed by atoms with van der Waals surface area (Å²) in [7, 11) is 0. The maximum Gasteiger partial charge on any atom is 0.150 e. The number of unbranched alkanes of at least 4 members (excludes halogenated alkanes) is 2. The minimum absolute atomic E-state index is 0.485. The van der Waals surface area contributed by atoms with Gasteiger partial charge in [0, 0.05) is 18.1 Å². The molecule has 0 atom stereocenters. The Morgan fingerprint density at radius 1 is 1.23 bits per heavy atom. The minimum Gasteiger partial charge on any atom is -0.492 e. The number of benzene rings is 1. The van der Waals surface area contributed by atoms with Crippen LogP contribution in [0.3, 0.4) is 0 Å². The fourth-order valence-corrected chi connectivity index (χ4v) is 2.62. The van der Waals surface area contributed by atoms with Gasteiger partial charge in [-0.2, -0.15) is 0 Å². The maximum atomic E-state index is 10.8. The van der Waals surface area contributed by atoms with Crippen molar-refractivity contribution in [3.8, 4) is 5.75 Å². The van der Waals surface area contributed by atoms with Crippen molar-refractivity contribution >= 4 is 17.9 Å². The zero-order valence-electron chi connectivity index (χ0n) is 12.9. The molecule has 1 aromatic heterocycles. The van der Waals surface area contributed by atoms with Gasteiger partial charge in [-0.25, -0.2) is 0 Å². The number of ether oxygens (including phenoxy) is 1. The summed E-state index contributed by atoms with van der Waals surface area (Å²) in [6, 6.07) is 5.37. The van der Waals surface area contributed by atoms with Gasteiger partial charge in [0.15, 0.2) is 0 Å². The molecule has 22 heavy (non-hydrogen) atoms. The van der Waals surface area contributed by atoms with Crippen molar-refractivity contribution in [2.24, 2.45) is 0 Å². The molecule has 0 spiro atoms.